The number of phenols is 4. The molecule has 0 spiro atoms. The Labute approximate surface area is 199 Å². The summed E-state index contributed by atoms with van der Waals surface area (Å²) in [5.74, 6) is -18.8. The molecule has 0 aliphatic carbocycles. The highest BCUT2D eigenvalue weighted by Crippen LogP contribution is 2.57. The number of aromatic nitrogens is 2. The van der Waals surface area contributed by atoms with Crippen molar-refractivity contribution in [3.05, 3.63) is 5.69 Å². The first-order valence-electron chi connectivity index (χ1n) is 10.0. The minimum absolute atomic E-state index is 0.145. The van der Waals surface area contributed by atoms with E-state index >= 15 is 0 Å². The summed E-state index contributed by atoms with van der Waals surface area (Å²) in [6.07, 6.45) is -2.80. The van der Waals surface area contributed by atoms with E-state index in [-0.39, 0.29) is 4.90 Å². The van der Waals surface area contributed by atoms with Crippen LogP contribution in [0.15, 0.2) is 0 Å². The highest BCUT2D eigenvalue weighted by molar-refractivity contribution is 6.10. The van der Waals surface area contributed by atoms with Crippen LogP contribution in [0.25, 0.3) is 10.9 Å². The zero-order valence-corrected chi connectivity index (χ0v) is 18.5. The number of hydrogen-bond donors (Lipinski definition) is 14. The number of hydrogen-bond acceptors (Lipinski definition) is 16. The maximum absolute atomic E-state index is 13.1. The summed E-state index contributed by atoms with van der Waals surface area (Å²) in [7, 11) is 1.88. The molecule has 3 heterocycles. The van der Waals surface area contributed by atoms with Gasteiger partial charge in [-0.25, -0.2) is 4.90 Å². The normalized spacial score (nSPS) is 33.0. The Morgan fingerprint density at radius 3 is 1.67 bits per heavy atom. The summed E-state index contributed by atoms with van der Waals surface area (Å²) in [6, 6.07) is 0. The van der Waals surface area contributed by atoms with Crippen molar-refractivity contribution in [2.24, 2.45) is 7.05 Å². The number of nitrogens with zero attached hydrogens (tertiary/aromatic N) is 3. The first kappa shape index (κ1) is 26.0. The Kier molecular flexibility index (Phi) is 4.94. The van der Waals surface area contributed by atoms with Crippen LogP contribution >= 0.6 is 0 Å². The summed E-state index contributed by atoms with van der Waals surface area (Å²) >= 11 is 0. The molecule has 36 heavy (non-hydrogen) atoms. The SMILES string of the molecule is CN1C2(O)CC(O)(NC(=O)c3nn(C)c4c(O)c(O)c(O)c(O)c34)CC1(O)C(O)(O)C(O)(O)C2(O)O. The van der Waals surface area contributed by atoms with Gasteiger partial charge in [0.1, 0.15) is 11.2 Å². The van der Waals surface area contributed by atoms with Crippen molar-refractivity contribution in [3.8, 4) is 23.0 Å². The number of aryl methyl sites for hydroxylation is 1. The second kappa shape index (κ2) is 6.83. The molecule has 2 unspecified atom stereocenters. The quantitative estimate of drug-likeness (QED) is 0.0995. The number of aromatic hydroxyl groups is 4. The average molecular weight is 520 g/mol. The lowest BCUT2D eigenvalue weighted by Crippen LogP contribution is -2.95. The lowest BCUT2D eigenvalue weighted by Gasteiger charge is -2.68. The molecule has 0 radical (unpaired) electrons. The zero-order valence-electron chi connectivity index (χ0n) is 18.5. The maximum Gasteiger partial charge on any atom is 0.283 e. The smallest absolute Gasteiger partial charge is 0.283 e. The van der Waals surface area contributed by atoms with Gasteiger partial charge in [0.2, 0.25) is 11.5 Å². The lowest BCUT2D eigenvalue weighted by atomic mass is 9.65. The number of phenolic OH excluding ortho intramolecular Hbond substituents is 4. The van der Waals surface area contributed by atoms with E-state index in [1.165, 1.54) is 0 Å². The van der Waals surface area contributed by atoms with Crippen LogP contribution < -0.4 is 5.32 Å². The number of fused-ring (bicyclic) bond motifs is 3. The Morgan fingerprint density at radius 2 is 1.19 bits per heavy atom. The highest BCUT2D eigenvalue weighted by atomic mass is 16.7. The van der Waals surface area contributed by atoms with Gasteiger partial charge in [0.05, 0.1) is 5.39 Å². The topological polar surface area (TPSA) is 313 Å². The largest absolute Gasteiger partial charge is 0.504 e. The summed E-state index contributed by atoms with van der Waals surface area (Å²) in [6.45, 7) is 0. The Bertz CT molecular complexity index is 1270. The molecule has 2 aromatic rings. The fraction of sp³-hybridized carbons (Fsp3) is 0.556. The molecular weight excluding hydrogens is 496 g/mol. The molecule has 1 aromatic heterocycles. The molecule has 4 rings (SSSR count). The van der Waals surface area contributed by atoms with Gasteiger partial charge in [-0.1, -0.05) is 0 Å². The number of amides is 1. The van der Waals surface area contributed by atoms with Crippen molar-refractivity contribution in [1.82, 2.24) is 20.0 Å². The van der Waals surface area contributed by atoms with Crippen molar-refractivity contribution >= 4 is 16.8 Å². The van der Waals surface area contributed by atoms with Gasteiger partial charge in [0.15, 0.2) is 28.6 Å². The second-order valence-electron chi connectivity index (χ2n) is 9.14. The van der Waals surface area contributed by atoms with E-state index in [1.54, 1.807) is 0 Å². The van der Waals surface area contributed by atoms with Crippen LogP contribution in [0.4, 0.5) is 0 Å². The fourth-order valence-corrected chi connectivity index (χ4v) is 4.93. The van der Waals surface area contributed by atoms with Crippen LogP contribution in [-0.4, -0.2) is 129 Å². The number of nitrogens with one attached hydrogen (secondary N) is 1. The number of likely N-dealkylation sites (N-methyl/N-ethyl adjacent to an activating group) is 1. The van der Waals surface area contributed by atoms with Gasteiger partial charge in [-0.15, -0.1) is 0 Å². The van der Waals surface area contributed by atoms with E-state index in [2.05, 4.69) is 5.10 Å². The standard InChI is InChI=1S/C18H24N4O14/c1-21-7-5(8(23)10(25)11(26)9(7)24)6(20-21)12(27)19-13(28)3-14(29)16(31,32)18(35,36)17(33,34)15(30,4-13)22(14)2/h23-26,28-36H,3-4H2,1-2H3,(H,19,27). The third kappa shape index (κ3) is 2.67. The van der Waals surface area contributed by atoms with E-state index in [4.69, 9.17) is 0 Å². The number of benzene rings is 1. The number of carbonyl (C=O) groups excluding carboxylic acids is 1. The number of piperidine rings is 2. The third-order valence-corrected chi connectivity index (χ3v) is 7.02. The number of aliphatic hydroxyl groups is 9. The van der Waals surface area contributed by atoms with Crippen LogP contribution in [0.2, 0.25) is 0 Å². The predicted molar refractivity (Wildman–Crippen MR) is 108 cm³/mol. The monoisotopic (exact) mass is 520 g/mol. The van der Waals surface area contributed by atoms with E-state index < -0.39 is 92.9 Å². The van der Waals surface area contributed by atoms with Gasteiger partial charge in [0.25, 0.3) is 23.3 Å². The van der Waals surface area contributed by atoms with Crippen LogP contribution in [-0.2, 0) is 7.05 Å². The molecule has 2 atom stereocenters. The van der Waals surface area contributed by atoms with Crippen molar-refractivity contribution in [2.45, 2.75) is 47.4 Å². The van der Waals surface area contributed by atoms with Crippen molar-refractivity contribution in [3.63, 3.8) is 0 Å². The molecule has 2 aliphatic heterocycles. The summed E-state index contributed by atoms with van der Waals surface area (Å²) in [4.78, 5) is 13.2. The van der Waals surface area contributed by atoms with Crippen molar-refractivity contribution in [2.75, 3.05) is 7.05 Å². The minimum Gasteiger partial charge on any atom is -0.504 e. The predicted octanol–water partition coefficient (Wildman–Crippen LogP) is -6.03. The Balaban J connectivity index is 1.83. The van der Waals surface area contributed by atoms with E-state index in [0.29, 0.717) is 0 Å². The summed E-state index contributed by atoms with van der Waals surface area (Å²) in [5, 5.41) is 139. The second-order valence-corrected chi connectivity index (χ2v) is 9.14. The molecule has 0 saturated carbocycles. The minimum atomic E-state index is -4.40. The molecule has 2 aliphatic rings. The molecule has 18 heteroatoms. The van der Waals surface area contributed by atoms with Crippen molar-refractivity contribution < 1.29 is 71.2 Å². The maximum atomic E-state index is 13.1. The van der Waals surface area contributed by atoms with Gasteiger partial charge >= 0.3 is 0 Å². The molecular formula is C18H24N4O14. The Morgan fingerprint density at radius 1 is 0.750 bits per heavy atom. The van der Waals surface area contributed by atoms with Gasteiger partial charge in [0, 0.05) is 19.9 Å². The first-order valence-corrected chi connectivity index (χ1v) is 10.0. The van der Waals surface area contributed by atoms with Gasteiger partial charge in [-0.2, -0.15) is 5.10 Å². The number of carbonyl (C=O) groups is 1. The molecule has 14 N–H and O–H groups in total. The molecule has 18 nitrogen and oxygen atoms in total. The fourth-order valence-electron chi connectivity index (χ4n) is 4.93. The van der Waals surface area contributed by atoms with Crippen LogP contribution in [0, 0.1) is 0 Å². The van der Waals surface area contributed by atoms with Crippen LogP contribution in [0.1, 0.15) is 23.3 Å². The van der Waals surface area contributed by atoms with Crippen LogP contribution in [0.3, 0.4) is 0 Å². The molecule has 2 bridgehead atoms. The third-order valence-electron chi connectivity index (χ3n) is 7.02. The zero-order chi connectivity index (χ0) is 27.6. The highest BCUT2D eigenvalue weighted by Gasteiger charge is 2.86. The molecule has 2 fully saturated rings. The molecule has 2 saturated heterocycles. The van der Waals surface area contributed by atoms with Gasteiger partial charge < -0.3 is 71.7 Å². The average Bonchev–Trinajstić information content (AvgIpc) is 3.10. The molecule has 1 amide bonds. The van der Waals surface area contributed by atoms with E-state index in [9.17, 15) is 71.2 Å². The molecule has 200 valence electrons. The van der Waals surface area contributed by atoms with Crippen LogP contribution in [0.5, 0.6) is 23.0 Å². The van der Waals surface area contributed by atoms with Gasteiger partial charge in [-0.3, -0.25) is 9.48 Å². The Hall–Kier alpha value is -3.04. The van der Waals surface area contributed by atoms with Gasteiger partial charge in [-0.05, 0) is 7.05 Å². The lowest BCUT2D eigenvalue weighted by molar-refractivity contribution is -0.581. The number of rotatable bonds is 2. The van der Waals surface area contributed by atoms with Crippen molar-refractivity contribution in [1.29, 1.82) is 0 Å². The van der Waals surface area contributed by atoms with E-state index in [1.807, 2.05) is 5.32 Å². The summed E-state index contributed by atoms with van der Waals surface area (Å²) in [5.41, 5.74) is -11.1. The summed E-state index contributed by atoms with van der Waals surface area (Å²) < 4.78 is 0.803. The molecule has 1 aromatic carbocycles. The first-order chi connectivity index (χ1) is 16.1. The van der Waals surface area contributed by atoms with E-state index in [0.717, 1.165) is 18.8 Å².